The van der Waals surface area contributed by atoms with E-state index in [4.69, 9.17) is 28.2 Å². The lowest BCUT2D eigenvalue weighted by Gasteiger charge is -2.43. The maximum absolute atomic E-state index is 12.3. The highest BCUT2D eigenvalue weighted by molar-refractivity contribution is 5.68. The van der Waals surface area contributed by atoms with Gasteiger partial charge in [0.25, 0.3) is 5.56 Å². The Morgan fingerprint density at radius 2 is 1.43 bits per heavy atom. The van der Waals surface area contributed by atoms with Crippen LogP contribution >= 0.6 is 0 Å². The van der Waals surface area contributed by atoms with Gasteiger partial charge in [-0.2, -0.15) is 0 Å². The summed E-state index contributed by atoms with van der Waals surface area (Å²) in [5.41, 5.74) is -0.617. The topological polar surface area (TPSA) is 150 Å². The number of aromatic nitrogens is 1. The molecule has 1 aliphatic rings. The van der Waals surface area contributed by atoms with Crippen molar-refractivity contribution in [1.82, 2.24) is 4.74 Å². The van der Waals surface area contributed by atoms with Crippen LogP contribution in [-0.2, 0) is 42.9 Å². The summed E-state index contributed by atoms with van der Waals surface area (Å²) in [7, 11) is 0. The summed E-state index contributed by atoms with van der Waals surface area (Å²) >= 11 is 0. The zero-order valence-corrected chi connectivity index (χ0v) is 17.1. The smallest absolute Gasteiger partial charge is 0.303 e. The largest absolute Gasteiger partial charge is 0.463 e. The van der Waals surface area contributed by atoms with Gasteiger partial charge in [0.05, 0.1) is 0 Å². The molecule has 1 aliphatic heterocycles. The number of carbonyl (C=O) groups excluding carboxylic acids is 4. The Morgan fingerprint density at radius 3 is 1.90 bits per heavy atom. The highest BCUT2D eigenvalue weighted by atomic mass is 16.7. The van der Waals surface area contributed by atoms with Gasteiger partial charge in [0.1, 0.15) is 18.5 Å². The van der Waals surface area contributed by atoms with Gasteiger partial charge in [-0.05, 0) is 6.92 Å². The van der Waals surface area contributed by atoms with Crippen molar-refractivity contribution in [2.45, 2.75) is 65.3 Å². The van der Waals surface area contributed by atoms with Gasteiger partial charge in [0.15, 0.2) is 18.3 Å². The van der Waals surface area contributed by atoms with Gasteiger partial charge in [0, 0.05) is 33.8 Å². The molecule has 0 saturated carbocycles. The molecule has 0 aliphatic carbocycles. The third-order valence-corrected chi connectivity index (χ3v) is 3.98. The van der Waals surface area contributed by atoms with Crippen LogP contribution in [0, 0.1) is 6.92 Å². The fraction of sp³-hybridized carbons (Fsp3) is 0.611. The molecule has 0 N–H and O–H groups in total. The second-order valence-corrected chi connectivity index (χ2v) is 6.60. The number of rotatable bonds is 6. The van der Waals surface area contributed by atoms with Crippen LogP contribution in [0.2, 0.25) is 0 Å². The number of carbonyl (C=O) groups is 4. The summed E-state index contributed by atoms with van der Waals surface area (Å²) in [6.45, 7) is 5.59. The normalized spacial score (nSPS) is 25.8. The molecule has 0 spiro atoms. The monoisotopic (exact) mass is 429 g/mol. The highest BCUT2D eigenvalue weighted by Crippen LogP contribution is 2.34. The van der Waals surface area contributed by atoms with Gasteiger partial charge >= 0.3 is 23.9 Å². The summed E-state index contributed by atoms with van der Waals surface area (Å²) < 4.78 is 32.7. The van der Waals surface area contributed by atoms with E-state index in [-0.39, 0.29) is 5.76 Å². The standard InChI is InChI=1S/C18H23NO11/c1-8-6-14(24)19(30-8)18-17(28-12(5)23)16(27-11(4)22)15(26-10(3)21)13(29-18)7-25-9(2)20/h6,13,15-18H,7H2,1-5H3/t13?,15-,16+,17-,18?/m1/s1. The first-order chi connectivity index (χ1) is 14.0. The number of hydrogen-bond donors (Lipinski definition) is 0. The van der Waals surface area contributed by atoms with Crippen molar-refractivity contribution in [2.75, 3.05) is 6.61 Å². The molecule has 2 unspecified atom stereocenters. The van der Waals surface area contributed by atoms with Gasteiger partial charge < -0.3 is 28.2 Å². The van der Waals surface area contributed by atoms with Crippen molar-refractivity contribution in [1.29, 1.82) is 0 Å². The third-order valence-electron chi connectivity index (χ3n) is 3.98. The van der Waals surface area contributed by atoms with Crippen LogP contribution in [0.15, 0.2) is 15.4 Å². The number of nitrogens with zero attached hydrogens (tertiary/aromatic N) is 1. The Hall–Kier alpha value is -3.15. The van der Waals surface area contributed by atoms with Crippen molar-refractivity contribution < 1.29 is 47.4 Å². The van der Waals surface area contributed by atoms with Crippen molar-refractivity contribution in [3.8, 4) is 0 Å². The molecule has 12 heteroatoms. The summed E-state index contributed by atoms with van der Waals surface area (Å²) in [6.07, 6.45) is -6.67. The lowest BCUT2D eigenvalue weighted by Crippen LogP contribution is -2.61. The lowest BCUT2D eigenvalue weighted by atomic mass is 9.97. The molecule has 5 atom stereocenters. The molecular weight excluding hydrogens is 406 g/mol. The number of aryl methyl sites for hydroxylation is 1. The molecular formula is C18H23NO11. The van der Waals surface area contributed by atoms with Crippen molar-refractivity contribution in [2.24, 2.45) is 0 Å². The van der Waals surface area contributed by atoms with E-state index < -0.39 is 66.7 Å². The van der Waals surface area contributed by atoms with Crippen LogP contribution in [-0.4, -0.2) is 59.6 Å². The van der Waals surface area contributed by atoms with Crippen molar-refractivity contribution in [3.63, 3.8) is 0 Å². The van der Waals surface area contributed by atoms with E-state index >= 15 is 0 Å². The first kappa shape index (κ1) is 23.1. The minimum absolute atomic E-state index is 0.243. The van der Waals surface area contributed by atoms with E-state index in [1.54, 1.807) is 0 Å². The van der Waals surface area contributed by atoms with Gasteiger partial charge in [-0.15, -0.1) is 4.74 Å². The highest BCUT2D eigenvalue weighted by Gasteiger charge is 2.53. The fourth-order valence-electron chi connectivity index (χ4n) is 3.04. The minimum Gasteiger partial charge on any atom is -0.463 e. The van der Waals surface area contributed by atoms with Gasteiger partial charge in [-0.1, -0.05) is 0 Å². The van der Waals surface area contributed by atoms with Gasteiger partial charge in [-0.25, -0.2) is 0 Å². The predicted molar refractivity (Wildman–Crippen MR) is 94.9 cm³/mol. The maximum atomic E-state index is 12.3. The molecule has 30 heavy (non-hydrogen) atoms. The number of ether oxygens (including phenoxy) is 5. The quantitative estimate of drug-likeness (QED) is 0.444. The Bertz CT molecular complexity index is 870. The van der Waals surface area contributed by atoms with Crippen LogP contribution in [0.4, 0.5) is 0 Å². The van der Waals surface area contributed by atoms with Crippen LogP contribution < -0.4 is 5.56 Å². The Balaban J connectivity index is 2.56. The summed E-state index contributed by atoms with van der Waals surface area (Å²) in [4.78, 5) is 58.7. The van der Waals surface area contributed by atoms with Crippen LogP contribution in [0.25, 0.3) is 0 Å². The predicted octanol–water partition coefficient (Wildman–Crippen LogP) is 0.00532. The molecule has 0 bridgehead atoms. The van der Waals surface area contributed by atoms with Crippen LogP contribution in [0.3, 0.4) is 0 Å². The Morgan fingerprint density at radius 1 is 0.900 bits per heavy atom. The molecule has 12 nitrogen and oxygen atoms in total. The van der Waals surface area contributed by atoms with Crippen LogP contribution in [0.5, 0.6) is 0 Å². The van der Waals surface area contributed by atoms with E-state index in [1.807, 2.05) is 0 Å². The van der Waals surface area contributed by atoms with Gasteiger partial charge in [-0.3, -0.25) is 24.0 Å². The zero-order chi connectivity index (χ0) is 22.6. The van der Waals surface area contributed by atoms with E-state index in [9.17, 15) is 24.0 Å². The first-order valence-corrected chi connectivity index (χ1v) is 8.99. The minimum atomic E-state index is -1.41. The molecule has 2 heterocycles. The summed E-state index contributed by atoms with van der Waals surface area (Å²) in [5, 5.41) is 0. The molecule has 0 amide bonds. The summed E-state index contributed by atoms with van der Waals surface area (Å²) in [5.74, 6) is -2.70. The van der Waals surface area contributed by atoms with E-state index in [2.05, 4.69) is 0 Å². The average molecular weight is 429 g/mol. The van der Waals surface area contributed by atoms with Crippen molar-refractivity contribution in [3.05, 3.63) is 22.2 Å². The lowest BCUT2D eigenvalue weighted by molar-refractivity contribution is -0.278. The Labute approximate surface area is 170 Å². The van der Waals surface area contributed by atoms with Crippen LogP contribution in [0.1, 0.15) is 39.7 Å². The second-order valence-electron chi connectivity index (χ2n) is 6.60. The number of esters is 4. The SMILES string of the molecule is CC(=O)OCC1OC(n2oc(C)cc2=O)[C@H](OC(C)=O)[C@@H](OC(C)=O)[C@@H]1OC(C)=O. The molecule has 166 valence electrons. The Kier molecular flexibility index (Phi) is 7.38. The number of hydrogen-bond acceptors (Lipinski definition) is 11. The molecule has 2 rings (SSSR count). The van der Waals surface area contributed by atoms with E-state index in [1.165, 1.54) is 13.0 Å². The fourth-order valence-corrected chi connectivity index (χ4v) is 3.04. The molecule has 1 saturated heterocycles. The molecule has 0 radical (unpaired) electrons. The first-order valence-electron chi connectivity index (χ1n) is 8.99. The molecule has 1 aromatic heterocycles. The third kappa shape index (κ3) is 5.69. The molecule has 1 fully saturated rings. The zero-order valence-electron chi connectivity index (χ0n) is 17.1. The molecule has 1 aromatic rings. The second kappa shape index (κ2) is 9.57. The van der Waals surface area contributed by atoms with Crippen molar-refractivity contribution >= 4 is 23.9 Å². The average Bonchev–Trinajstić information content (AvgIpc) is 2.93. The van der Waals surface area contributed by atoms with Gasteiger partial charge in [0.2, 0.25) is 6.23 Å². The van der Waals surface area contributed by atoms with E-state index in [0.29, 0.717) is 0 Å². The maximum Gasteiger partial charge on any atom is 0.303 e. The summed E-state index contributed by atoms with van der Waals surface area (Å²) in [6, 6.07) is 1.17. The van der Waals surface area contributed by atoms with E-state index in [0.717, 1.165) is 32.4 Å². The molecule has 0 aromatic carbocycles.